The Morgan fingerprint density at radius 3 is 1.52 bits per heavy atom. The van der Waals surface area contributed by atoms with Crippen LogP contribution in [0.1, 0.15) is 122 Å². The smallest absolute Gasteiger partial charge is 0.550 e. The maximum absolute atomic E-state index is 11.6. The van der Waals surface area contributed by atoms with Crippen molar-refractivity contribution in [2.75, 3.05) is 6.61 Å². The standard InChI is InChI=1S/C23H45NO4.Na/c1-2-3-4-5-6-7-8-9-10-11-12-13-14-15-16-17-20-28-23(27)21(24)18-19-22(25)26;/h21H,2-20,24H2,1H3,(H,25,26);/q;+1/p-1. The fraction of sp³-hybridized carbons (Fsp3) is 0.913. The van der Waals surface area contributed by atoms with Crippen molar-refractivity contribution in [3.8, 4) is 0 Å². The predicted octanol–water partition coefficient (Wildman–Crippen LogP) is 1.65. The zero-order valence-corrected chi connectivity index (χ0v) is 21.2. The molecule has 1 unspecified atom stereocenters. The van der Waals surface area contributed by atoms with Crippen LogP contribution in [0, 0.1) is 0 Å². The molecule has 0 aromatic heterocycles. The van der Waals surface area contributed by atoms with Crippen molar-refractivity contribution >= 4 is 11.9 Å². The van der Waals surface area contributed by atoms with Crippen molar-refractivity contribution in [2.24, 2.45) is 5.73 Å². The van der Waals surface area contributed by atoms with E-state index < -0.39 is 18.0 Å². The summed E-state index contributed by atoms with van der Waals surface area (Å²) in [6.07, 6.45) is 20.7. The van der Waals surface area contributed by atoms with Gasteiger partial charge in [0.1, 0.15) is 6.04 Å². The third kappa shape index (κ3) is 24.0. The van der Waals surface area contributed by atoms with Gasteiger partial charge in [-0.05, 0) is 19.3 Å². The first-order valence-electron chi connectivity index (χ1n) is 11.7. The molecule has 166 valence electrons. The summed E-state index contributed by atoms with van der Waals surface area (Å²) >= 11 is 0. The number of carboxylic acids is 1. The quantitative estimate of drug-likeness (QED) is 0.173. The Balaban J connectivity index is 0. The molecule has 5 nitrogen and oxygen atoms in total. The first-order chi connectivity index (χ1) is 13.6. The largest absolute Gasteiger partial charge is 1.00 e. The second-order valence-corrected chi connectivity index (χ2v) is 7.99. The number of aliphatic carboxylic acids is 1. The SMILES string of the molecule is CCCCCCCCCCCCCCCCCCOC(=O)C(N)CCC(=O)[O-].[Na+]. The Hall–Kier alpha value is -0.100. The van der Waals surface area contributed by atoms with Gasteiger partial charge in [-0.25, -0.2) is 0 Å². The van der Waals surface area contributed by atoms with Crippen LogP contribution in [-0.4, -0.2) is 24.6 Å². The number of nitrogens with two attached hydrogens (primary N) is 1. The molecule has 0 fully saturated rings. The summed E-state index contributed by atoms with van der Waals surface area (Å²) in [6, 6.07) is -0.862. The molecule has 2 N–H and O–H groups in total. The van der Waals surface area contributed by atoms with Gasteiger partial charge in [0.2, 0.25) is 0 Å². The van der Waals surface area contributed by atoms with E-state index in [1.54, 1.807) is 0 Å². The fourth-order valence-corrected chi connectivity index (χ4v) is 3.32. The molecule has 0 radical (unpaired) electrons. The molecule has 0 aromatic carbocycles. The zero-order valence-electron chi connectivity index (χ0n) is 19.2. The maximum Gasteiger partial charge on any atom is 1.00 e. The molecule has 6 heteroatoms. The van der Waals surface area contributed by atoms with Crippen molar-refractivity contribution < 1.29 is 49.0 Å². The summed E-state index contributed by atoms with van der Waals surface area (Å²) < 4.78 is 5.08. The number of unbranched alkanes of at least 4 members (excludes halogenated alkanes) is 15. The van der Waals surface area contributed by atoms with Crippen molar-refractivity contribution in [3.63, 3.8) is 0 Å². The second kappa shape index (κ2) is 24.2. The topological polar surface area (TPSA) is 92.5 Å². The van der Waals surface area contributed by atoms with Gasteiger partial charge in [-0.15, -0.1) is 0 Å². The van der Waals surface area contributed by atoms with Gasteiger partial charge in [0.25, 0.3) is 0 Å². The number of carbonyl (C=O) groups excluding carboxylic acids is 2. The van der Waals surface area contributed by atoms with E-state index in [1.807, 2.05) is 0 Å². The van der Waals surface area contributed by atoms with Crippen LogP contribution in [-0.2, 0) is 14.3 Å². The van der Waals surface area contributed by atoms with Crippen LogP contribution < -0.4 is 40.4 Å². The van der Waals surface area contributed by atoms with E-state index in [4.69, 9.17) is 10.5 Å². The van der Waals surface area contributed by atoms with Crippen molar-refractivity contribution in [3.05, 3.63) is 0 Å². The number of hydrogen-bond donors (Lipinski definition) is 1. The molecule has 0 aromatic rings. The van der Waals surface area contributed by atoms with Gasteiger partial charge in [0.05, 0.1) is 6.61 Å². The van der Waals surface area contributed by atoms with Crippen molar-refractivity contribution in [2.45, 2.75) is 129 Å². The Morgan fingerprint density at radius 1 is 0.759 bits per heavy atom. The molecule has 0 amide bonds. The van der Waals surface area contributed by atoms with Gasteiger partial charge in [-0.1, -0.05) is 103 Å². The van der Waals surface area contributed by atoms with E-state index in [9.17, 15) is 14.7 Å². The van der Waals surface area contributed by atoms with E-state index in [1.165, 1.54) is 89.9 Å². The molecular weight excluding hydrogens is 377 g/mol. The van der Waals surface area contributed by atoms with Crippen LogP contribution in [0.2, 0.25) is 0 Å². The minimum absolute atomic E-state index is 0. The van der Waals surface area contributed by atoms with Crippen molar-refractivity contribution in [1.82, 2.24) is 0 Å². The molecule has 0 aliphatic carbocycles. The molecular formula is C23H44NNaO4. The minimum Gasteiger partial charge on any atom is -0.550 e. The molecule has 0 aliphatic rings. The molecule has 0 saturated heterocycles. The van der Waals surface area contributed by atoms with Gasteiger partial charge in [0.15, 0.2) is 0 Å². The third-order valence-electron chi connectivity index (χ3n) is 5.20. The monoisotopic (exact) mass is 421 g/mol. The maximum atomic E-state index is 11.6. The van der Waals surface area contributed by atoms with E-state index in [0.29, 0.717) is 6.61 Å². The predicted molar refractivity (Wildman–Crippen MR) is 113 cm³/mol. The fourth-order valence-electron chi connectivity index (χ4n) is 3.32. The van der Waals surface area contributed by atoms with Crippen LogP contribution in [0.4, 0.5) is 0 Å². The van der Waals surface area contributed by atoms with Gasteiger partial charge in [0, 0.05) is 5.97 Å². The number of hydrogen-bond acceptors (Lipinski definition) is 5. The van der Waals surface area contributed by atoms with Crippen LogP contribution in [0.25, 0.3) is 0 Å². The second-order valence-electron chi connectivity index (χ2n) is 7.99. The molecule has 29 heavy (non-hydrogen) atoms. The summed E-state index contributed by atoms with van der Waals surface area (Å²) in [5, 5.41) is 10.3. The molecule has 1 atom stereocenters. The number of rotatable bonds is 21. The van der Waals surface area contributed by atoms with E-state index in [2.05, 4.69) is 6.92 Å². The Bertz CT molecular complexity index is 380. The molecule has 0 aliphatic heterocycles. The number of carboxylic acid groups (broad SMARTS) is 1. The minimum atomic E-state index is -1.19. The Morgan fingerprint density at radius 2 is 1.14 bits per heavy atom. The molecule has 0 spiro atoms. The summed E-state index contributed by atoms with van der Waals surface area (Å²) in [5.41, 5.74) is 5.57. The summed E-state index contributed by atoms with van der Waals surface area (Å²) in [6.45, 7) is 2.64. The number of esters is 1. The first-order valence-corrected chi connectivity index (χ1v) is 11.7. The summed E-state index contributed by atoms with van der Waals surface area (Å²) in [5.74, 6) is -1.71. The Labute approximate surface area is 201 Å². The van der Waals surface area contributed by atoms with Gasteiger partial charge < -0.3 is 20.4 Å². The average molecular weight is 422 g/mol. The molecule has 0 heterocycles. The average Bonchev–Trinajstić information content (AvgIpc) is 2.68. The van der Waals surface area contributed by atoms with Crippen LogP contribution in [0.15, 0.2) is 0 Å². The Kier molecular flexibility index (Phi) is 25.9. The molecule has 0 saturated carbocycles. The summed E-state index contributed by atoms with van der Waals surface area (Å²) in [4.78, 5) is 21.9. The van der Waals surface area contributed by atoms with Crippen LogP contribution in [0.3, 0.4) is 0 Å². The molecule has 0 bridgehead atoms. The number of ether oxygens (including phenoxy) is 1. The van der Waals surface area contributed by atoms with E-state index in [-0.39, 0.29) is 42.4 Å². The molecule has 0 rings (SSSR count). The van der Waals surface area contributed by atoms with Gasteiger partial charge >= 0.3 is 35.5 Å². The van der Waals surface area contributed by atoms with Gasteiger partial charge in [-0.2, -0.15) is 0 Å². The normalized spacial score (nSPS) is 11.7. The van der Waals surface area contributed by atoms with E-state index >= 15 is 0 Å². The first kappa shape index (κ1) is 31.1. The zero-order chi connectivity index (χ0) is 20.9. The van der Waals surface area contributed by atoms with Crippen LogP contribution in [0.5, 0.6) is 0 Å². The van der Waals surface area contributed by atoms with Crippen molar-refractivity contribution in [1.29, 1.82) is 0 Å². The number of carbonyl (C=O) groups is 2. The van der Waals surface area contributed by atoms with Crippen LogP contribution >= 0.6 is 0 Å². The van der Waals surface area contributed by atoms with Gasteiger partial charge in [-0.3, -0.25) is 4.79 Å². The summed E-state index contributed by atoms with van der Waals surface area (Å²) in [7, 11) is 0. The van der Waals surface area contributed by atoms with E-state index in [0.717, 1.165) is 12.8 Å². The third-order valence-corrected chi connectivity index (χ3v) is 5.20.